The quantitative estimate of drug-likeness (QED) is 0.0935. The molecule has 0 spiro atoms. The van der Waals surface area contributed by atoms with Crippen LogP contribution in [-0.4, -0.2) is 24.7 Å². The molecular formula is C37H41F2IrN5-2. The van der Waals surface area contributed by atoms with Gasteiger partial charge in [0, 0.05) is 44.1 Å². The van der Waals surface area contributed by atoms with E-state index in [4.69, 9.17) is 0 Å². The summed E-state index contributed by atoms with van der Waals surface area (Å²) in [5.74, 6) is -0.277. The predicted molar refractivity (Wildman–Crippen MR) is 172 cm³/mol. The van der Waals surface area contributed by atoms with E-state index in [1.807, 2.05) is 28.9 Å². The molecule has 5 aromatic rings. The maximum Gasteiger partial charge on any atom is 0.127 e. The molecule has 5 rings (SSSR count). The molecule has 0 bridgehead atoms. The standard InChI is InChI=1S/C20H25F2N2.C17H16N3.Ir/c1-2-3-4-5-6-7-8-9-10-16-14-23-20(24-15-16)18-12-11-17(21)13-19(18)22;1-12-9-13(2)16(14(3)10-12)20-17(18-11-19-20)15-7-5-4-6-8-15;/h11,13-15H,2-10H2,1H3;4-7,9-11H,1-3H3;/q2*-1;. The van der Waals surface area contributed by atoms with Gasteiger partial charge in [-0.25, -0.2) is 0 Å². The first-order valence-corrected chi connectivity index (χ1v) is 15.5. The zero-order valence-electron chi connectivity index (χ0n) is 26.5. The molecule has 2 heterocycles. The Hall–Kier alpha value is -3.61. The van der Waals surface area contributed by atoms with E-state index < -0.39 is 11.6 Å². The summed E-state index contributed by atoms with van der Waals surface area (Å²) in [6, 6.07) is 19.8. The number of rotatable bonds is 12. The van der Waals surface area contributed by atoms with Crippen LogP contribution >= 0.6 is 0 Å². The summed E-state index contributed by atoms with van der Waals surface area (Å²) in [5, 5.41) is 4.40. The van der Waals surface area contributed by atoms with Crippen LogP contribution in [0.15, 0.2) is 67.3 Å². The van der Waals surface area contributed by atoms with E-state index >= 15 is 0 Å². The number of halogens is 2. The Labute approximate surface area is 279 Å². The molecule has 0 atom stereocenters. The van der Waals surface area contributed by atoms with Crippen molar-refractivity contribution in [3.05, 3.63) is 113 Å². The first-order chi connectivity index (χ1) is 21.4. The van der Waals surface area contributed by atoms with Crippen LogP contribution in [-0.2, 0) is 26.5 Å². The Morgan fingerprint density at radius 3 is 2.09 bits per heavy atom. The second-order valence-electron chi connectivity index (χ2n) is 11.2. The Balaban J connectivity index is 0.000000243. The van der Waals surface area contributed by atoms with E-state index in [-0.39, 0.29) is 31.5 Å². The van der Waals surface area contributed by atoms with E-state index in [0.29, 0.717) is 0 Å². The molecule has 0 unspecified atom stereocenters. The molecule has 0 saturated carbocycles. The molecule has 0 amide bonds. The van der Waals surface area contributed by atoms with E-state index in [2.05, 4.69) is 72.0 Å². The maximum atomic E-state index is 13.7. The molecule has 45 heavy (non-hydrogen) atoms. The number of aryl methyl sites for hydroxylation is 4. The van der Waals surface area contributed by atoms with Crippen molar-refractivity contribution in [2.45, 2.75) is 85.5 Å². The second kappa shape index (κ2) is 18.4. The SMILES string of the molecule is CCCCCCCCCCc1cnc(-c2[c-]cc(F)cc2F)nc1.Cc1cc(C)c(-n2ncnc2-c2[c-]cccc2)c(C)c1.[Ir]. The third-order valence-corrected chi connectivity index (χ3v) is 7.45. The molecular weight excluding hydrogens is 745 g/mol. The Morgan fingerprint density at radius 2 is 1.47 bits per heavy atom. The van der Waals surface area contributed by atoms with Crippen LogP contribution in [0.5, 0.6) is 0 Å². The number of aromatic nitrogens is 5. The molecule has 0 fully saturated rings. The van der Waals surface area contributed by atoms with E-state index in [1.54, 1.807) is 18.7 Å². The number of benzene rings is 3. The van der Waals surface area contributed by atoms with E-state index in [9.17, 15) is 8.78 Å². The van der Waals surface area contributed by atoms with Gasteiger partial charge in [0.15, 0.2) is 0 Å². The van der Waals surface area contributed by atoms with Gasteiger partial charge in [0.2, 0.25) is 0 Å². The fourth-order valence-corrected chi connectivity index (χ4v) is 5.32. The molecule has 5 nitrogen and oxygen atoms in total. The zero-order valence-corrected chi connectivity index (χ0v) is 28.9. The first kappa shape index (κ1) is 35.9. The minimum absolute atomic E-state index is 0. The van der Waals surface area contributed by atoms with Crippen LogP contribution in [0.1, 0.15) is 80.5 Å². The van der Waals surface area contributed by atoms with Gasteiger partial charge in [-0.1, -0.05) is 81.2 Å². The molecule has 0 aliphatic carbocycles. The van der Waals surface area contributed by atoms with E-state index in [1.165, 1.54) is 61.6 Å². The molecule has 8 heteroatoms. The second-order valence-corrected chi connectivity index (χ2v) is 11.2. The maximum absolute atomic E-state index is 13.7. The van der Waals surface area contributed by atoms with Gasteiger partial charge in [0.05, 0.1) is 17.3 Å². The van der Waals surface area contributed by atoms with Crippen LogP contribution in [0.25, 0.3) is 28.5 Å². The molecule has 0 aliphatic rings. The van der Waals surface area contributed by atoms with Crippen molar-refractivity contribution < 1.29 is 28.9 Å². The summed E-state index contributed by atoms with van der Waals surface area (Å²) in [6.07, 6.45) is 16.2. The Morgan fingerprint density at radius 1 is 0.800 bits per heavy atom. The average molecular weight is 786 g/mol. The van der Waals surface area contributed by atoms with Crippen molar-refractivity contribution in [2.24, 2.45) is 0 Å². The fourth-order valence-electron chi connectivity index (χ4n) is 5.32. The molecule has 3 aromatic carbocycles. The molecule has 0 N–H and O–H groups in total. The van der Waals surface area contributed by atoms with Gasteiger partial charge in [-0.3, -0.25) is 28.4 Å². The molecule has 239 valence electrons. The smallest absolute Gasteiger partial charge is 0.127 e. The van der Waals surface area contributed by atoms with Crippen LogP contribution in [0.3, 0.4) is 0 Å². The monoisotopic (exact) mass is 786 g/mol. The van der Waals surface area contributed by atoms with Gasteiger partial charge < -0.3 is 0 Å². The molecule has 2 aromatic heterocycles. The number of hydrogen-bond acceptors (Lipinski definition) is 4. The van der Waals surface area contributed by atoms with Gasteiger partial charge in [0.1, 0.15) is 6.33 Å². The van der Waals surface area contributed by atoms with E-state index in [0.717, 1.165) is 47.6 Å². The minimum atomic E-state index is -0.689. The van der Waals surface area contributed by atoms with Gasteiger partial charge in [0.25, 0.3) is 0 Å². The summed E-state index contributed by atoms with van der Waals surface area (Å²) in [4.78, 5) is 12.8. The molecule has 1 radical (unpaired) electrons. The zero-order chi connectivity index (χ0) is 31.3. The minimum Gasteiger partial charge on any atom is -0.285 e. The number of nitrogens with zero attached hydrogens (tertiary/aromatic N) is 5. The van der Waals surface area contributed by atoms with Crippen molar-refractivity contribution in [3.8, 4) is 28.5 Å². The predicted octanol–water partition coefficient (Wildman–Crippen LogP) is 9.56. The Kier molecular flexibility index (Phi) is 14.6. The van der Waals surface area contributed by atoms with Gasteiger partial charge in [-0.15, -0.1) is 48.0 Å². The summed E-state index contributed by atoms with van der Waals surface area (Å²) >= 11 is 0. The number of unbranched alkanes of at least 4 members (excludes halogenated alkanes) is 7. The molecule has 0 saturated heterocycles. The van der Waals surface area contributed by atoms with Gasteiger partial charge in [-0.05, 0) is 50.3 Å². The van der Waals surface area contributed by atoms with Crippen molar-refractivity contribution in [2.75, 3.05) is 0 Å². The van der Waals surface area contributed by atoms with Crippen molar-refractivity contribution in [3.63, 3.8) is 0 Å². The van der Waals surface area contributed by atoms with Crippen molar-refractivity contribution >= 4 is 0 Å². The first-order valence-electron chi connectivity index (χ1n) is 15.5. The summed E-state index contributed by atoms with van der Waals surface area (Å²) < 4.78 is 28.5. The summed E-state index contributed by atoms with van der Waals surface area (Å²) in [7, 11) is 0. The molecule has 0 aliphatic heterocycles. The average Bonchev–Trinajstić information content (AvgIpc) is 3.49. The third kappa shape index (κ3) is 10.5. The normalized spacial score (nSPS) is 10.6. The Bertz CT molecular complexity index is 1580. The topological polar surface area (TPSA) is 56.5 Å². The van der Waals surface area contributed by atoms with Crippen molar-refractivity contribution in [1.82, 2.24) is 24.7 Å². The van der Waals surface area contributed by atoms with Crippen LogP contribution < -0.4 is 0 Å². The van der Waals surface area contributed by atoms with Crippen LogP contribution in [0.4, 0.5) is 8.78 Å². The fraction of sp³-hybridized carbons (Fsp3) is 0.351. The summed E-state index contributed by atoms with van der Waals surface area (Å²) in [6.45, 7) is 8.55. The van der Waals surface area contributed by atoms with Crippen LogP contribution in [0.2, 0.25) is 0 Å². The summed E-state index contributed by atoms with van der Waals surface area (Å²) in [5.41, 5.74) is 6.86. The van der Waals surface area contributed by atoms with Gasteiger partial charge in [-0.2, -0.15) is 5.10 Å². The van der Waals surface area contributed by atoms with Gasteiger partial charge >= 0.3 is 0 Å². The third-order valence-electron chi connectivity index (χ3n) is 7.45. The van der Waals surface area contributed by atoms with Crippen molar-refractivity contribution in [1.29, 1.82) is 0 Å². The largest absolute Gasteiger partial charge is 0.285 e. The number of hydrogen-bond donors (Lipinski definition) is 0. The van der Waals surface area contributed by atoms with Crippen LogP contribution in [0, 0.1) is 44.5 Å².